The van der Waals surface area contributed by atoms with Gasteiger partial charge in [-0.3, -0.25) is 4.79 Å². The summed E-state index contributed by atoms with van der Waals surface area (Å²) >= 11 is 9.26. The summed E-state index contributed by atoms with van der Waals surface area (Å²) in [4.78, 5) is 11.6. The molecule has 0 bridgehead atoms. The van der Waals surface area contributed by atoms with Crippen LogP contribution >= 0.6 is 27.5 Å². The standard InChI is InChI=1S/C16H14BrClO/c17-15-9-5-4-8-13(15)10-11-14(16(18)19)12-6-2-1-3-7-12/h1-9,14H,10-11H2/i16+1. The van der Waals surface area contributed by atoms with Crippen molar-refractivity contribution in [1.82, 2.24) is 0 Å². The van der Waals surface area contributed by atoms with Crippen LogP contribution < -0.4 is 0 Å². The molecule has 1 atom stereocenters. The quantitative estimate of drug-likeness (QED) is 0.558. The molecular weight excluding hydrogens is 325 g/mol. The molecule has 0 N–H and O–H groups in total. The molecule has 0 spiro atoms. The predicted molar refractivity (Wildman–Crippen MR) is 82.5 cm³/mol. The second-order valence-corrected chi connectivity index (χ2v) is 5.62. The van der Waals surface area contributed by atoms with E-state index in [1.165, 1.54) is 5.56 Å². The summed E-state index contributed by atoms with van der Waals surface area (Å²) in [6.45, 7) is 0. The maximum Gasteiger partial charge on any atom is 0.229 e. The number of aryl methyl sites for hydroxylation is 1. The van der Waals surface area contributed by atoms with Crippen molar-refractivity contribution >= 4 is 32.8 Å². The van der Waals surface area contributed by atoms with Crippen LogP contribution in [0.5, 0.6) is 0 Å². The summed E-state index contributed by atoms with van der Waals surface area (Å²) < 4.78 is 1.07. The molecule has 2 rings (SSSR count). The molecule has 2 aromatic rings. The zero-order valence-corrected chi connectivity index (χ0v) is 12.7. The van der Waals surface area contributed by atoms with E-state index >= 15 is 0 Å². The minimum Gasteiger partial charge on any atom is -0.281 e. The average molecular weight is 339 g/mol. The smallest absolute Gasteiger partial charge is 0.229 e. The molecule has 1 unspecified atom stereocenters. The van der Waals surface area contributed by atoms with Gasteiger partial charge in [0, 0.05) is 4.47 Å². The van der Waals surface area contributed by atoms with Gasteiger partial charge in [-0.15, -0.1) is 0 Å². The van der Waals surface area contributed by atoms with E-state index in [4.69, 9.17) is 11.6 Å². The fraction of sp³-hybridized carbons (Fsp3) is 0.188. The molecule has 0 aliphatic carbocycles. The Bertz CT molecular complexity index is 554. The Morgan fingerprint density at radius 3 is 2.32 bits per heavy atom. The zero-order valence-electron chi connectivity index (χ0n) is 10.4. The van der Waals surface area contributed by atoms with Crippen molar-refractivity contribution in [1.29, 1.82) is 0 Å². The Balaban J connectivity index is 2.11. The number of rotatable bonds is 5. The van der Waals surface area contributed by atoms with Crippen LogP contribution in [0.1, 0.15) is 23.5 Å². The molecule has 3 heteroatoms. The van der Waals surface area contributed by atoms with Gasteiger partial charge in [0.2, 0.25) is 5.24 Å². The Morgan fingerprint density at radius 1 is 1.05 bits per heavy atom. The highest BCUT2D eigenvalue weighted by molar-refractivity contribution is 9.10. The molecule has 0 aliphatic rings. The normalized spacial score (nSPS) is 12.1. The first-order chi connectivity index (χ1) is 9.18. The van der Waals surface area contributed by atoms with Crippen molar-refractivity contribution in [2.45, 2.75) is 18.8 Å². The van der Waals surface area contributed by atoms with Crippen LogP contribution in [-0.2, 0) is 11.2 Å². The first-order valence-electron chi connectivity index (χ1n) is 6.16. The highest BCUT2D eigenvalue weighted by Gasteiger charge is 2.18. The summed E-state index contributed by atoms with van der Waals surface area (Å²) in [6, 6.07) is 17.7. The molecule has 0 radical (unpaired) electrons. The van der Waals surface area contributed by atoms with E-state index < -0.39 is 0 Å². The minimum absolute atomic E-state index is 0.241. The van der Waals surface area contributed by atoms with E-state index in [0.29, 0.717) is 0 Å². The summed E-state index contributed by atoms with van der Waals surface area (Å²) in [7, 11) is 0. The summed E-state index contributed by atoms with van der Waals surface area (Å²) in [5, 5.41) is -0.293. The summed E-state index contributed by atoms with van der Waals surface area (Å²) in [5.41, 5.74) is 2.18. The van der Waals surface area contributed by atoms with Gasteiger partial charge < -0.3 is 0 Å². The van der Waals surface area contributed by atoms with E-state index in [-0.39, 0.29) is 11.2 Å². The van der Waals surface area contributed by atoms with Gasteiger partial charge in [-0.25, -0.2) is 0 Å². The first kappa shape index (κ1) is 14.3. The summed E-state index contributed by atoms with van der Waals surface area (Å²) in [6.07, 6.45) is 1.54. The monoisotopic (exact) mass is 337 g/mol. The third-order valence-electron chi connectivity index (χ3n) is 3.14. The maximum absolute atomic E-state index is 11.6. The third kappa shape index (κ3) is 3.92. The number of hydrogen-bond donors (Lipinski definition) is 0. The van der Waals surface area contributed by atoms with Crippen molar-refractivity contribution in [2.75, 3.05) is 0 Å². The highest BCUT2D eigenvalue weighted by atomic mass is 79.9. The number of carbonyl (C=O) groups excluding carboxylic acids is 1. The van der Waals surface area contributed by atoms with Crippen LogP contribution in [0.15, 0.2) is 59.1 Å². The molecule has 0 amide bonds. The maximum atomic E-state index is 11.6. The van der Waals surface area contributed by atoms with Crippen LogP contribution in [0.2, 0.25) is 0 Å². The molecule has 19 heavy (non-hydrogen) atoms. The van der Waals surface area contributed by atoms with Crippen molar-refractivity contribution in [3.63, 3.8) is 0 Å². The van der Waals surface area contributed by atoms with Gasteiger partial charge in [0.25, 0.3) is 0 Å². The van der Waals surface area contributed by atoms with Crippen LogP contribution in [0, 0.1) is 0 Å². The van der Waals surface area contributed by atoms with Crippen LogP contribution in [0.25, 0.3) is 0 Å². The topological polar surface area (TPSA) is 17.1 Å². The van der Waals surface area contributed by atoms with Crippen LogP contribution in [-0.4, -0.2) is 5.24 Å². The molecule has 0 aromatic heterocycles. The molecule has 1 nitrogen and oxygen atoms in total. The van der Waals surface area contributed by atoms with E-state index in [1.54, 1.807) is 0 Å². The average Bonchev–Trinajstić information content (AvgIpc) is 2.42. The molecule has 2 aromatic carbocycles. The van der Waals surface area contributed by atoms with E-state index in [0.717, 1.165) is 22.9 Å². The molecule has 0 fully saturated rings. The zero-order chi connectivity index (χ0) is 13.7. The molecular formula is C16H14BrClO. The Hall–Kier alpha value is -1.12. The fourth-order valence-electron chi connectivity index (χ4n) is 2.10. The third-order valence-corrected chi connectivity index (χ3v) is 4.17. The number of hydrogen-bond acceptors (Lipinski definition) is 1. The minimum atomic E-state index is -0.293. The van der Waals surface area contributed by atoms with Crippen molar-refractivity contribution < 1.29 is 4.79 Å². The van der Waals surface area contributed by atoms with Gasteiger partial charge >= 0.3 is 0 Å². The highest BCUT2D eigenvalue weighted by Crippen LogP contribution is 2.26. The lowest BCUT2D eigenvalue weighted by Crippen LogP contribution is -2.08. The molecule has 0 saturated carbocycles. The molecule has 0 saturated heterocycles. The van der Waals surface area contributed by atoms with Gasteiger partial charge in [-0.1, -0.05) is 64.5 Å². The second kappa shape index (κ2) is 6.88. The number of benzene rings is 2. The van der Waals surface area contributed by atoms with E-state index in [1.807, 2.05) is 48.5 Å². The van der Waals surface area contributed by atoms with Crippen LogP contribution in [0.4, 0.5) is 0 Å². The lowest BCUT2D eigenvalue weighted by atomic mass is 9.98. The molecule has 0 heterocycles. The van der Waals surface area contributed by atoms with Gasteiger partial charge in [0.15, 0.2) is 0 Å². The van der Waals surface area contributed by atoms with Gasteiger partial charge in [-0.05, 0) is 41.6 Å². The lowest BCUT2D eigenvalue weighted by Gasteiger charge is -2.13. The second-order valence-electron chi connectivity index (χ2n) is 4.40. The first-order valence-corrected chi connectivity index (χ1v) is 7.33. The predicted octanol–water partition coefficient (Wildman–Crippen LogP) is 4.93. The molecule has 98 valence electrons. The van der Waals surface area contributed by atoms with Crippen molar-refractivity contribution in [3.05, 3.63) is 70.2 Å². The van der Waals surface area contributed by atoms with Gasteiger partial charge in [-0.2, -0.15) is 0 Å². The number of carbonyl (C=O) groups is 1. The Kier molecular flexibility index (Phi) is 5.17. The molecule has 0 aliphatic heterocycles. The summed E-state index contributed by atoms with van der Waals surface area (Å²) in [5.74, 6) is -0.241. The van der Waals surface area contributed by atoms with E-state index in [2.05, 4.69) is 22.0 Å². The van der Waals surface area contributed by atoms with Crippen molar-refractivity contribution in [3.8, 4) is 0 Å². The lowest BCUT2D eigenvalue weighted by molar-refractivity contribution is -0.113. The number of halogens is 2. The fourth-order valence-corrected chi connectivity index (χ4v) is 2.82. The largest absolute Gasteiger partial charge is 0.281 e. The SMILES string of the molecule is O=[13C](Cl)C(CCc1ccccc1Br)c1ccccc1. The Labute approximate surface area is 126 Å². The van der Waals surface area contributed by atoms with Crippen molar-refractivity contribution in [2.24, 2.45) is 0 Å². The van der Waals surface area contributed by atoms with E-state index in [9.17, 15) is 4.79 Å². The van der Waals surface area contributed by atoms with Gasteiger partial charge in [0.1, 0.15) is 0 Å². The van der Waals surface area contributed by atoms with Gasteiger partial charge in [0.05, 0.1) is 5.92 Å². The van der Waals surface area contributed by atoms with Crippen LogP contribution in [0.3, 0.4) is 0 Å². The Morgan fingerprint density at radius 2 is 1.68 bits per heavy atom.